The monoisotopic (exact) mass is 202 g/mol. The smallest absolute Gasteiger partial charge is 0.331 e. The molecule has 0 saturated carbocycles. The van der Waals surface area contributed by atoms with Crippen molar-refractivity contribution in [1.82, 2.24) is 0 Å². The van der Waals surface area contributed by atoms with Crippen molar-refractivity contribution < 1.29 is 14.3 Å². The van der Waals surface area contributed by atoms with Crippen LogP contribution in [0.15, 0.2) is 12.2 Å². The standard InChI is InChI=1S/C9H18O3Si/c1-7(8(10)11)9(2,3)5-4-6-12-13/h1,4-6H2,2-3,13H3,(H,10,11). The number of carboxylic acid groups (broad SMARTS) is 1. The molecule has 0 aromatic rings. The summed E-state index contributed by atoms with van der Waals surface area (Å²) in [5, 5.41) is 8.75. The lowest BCUT2D eigenvalue weighted by Gasteiger charge is -2.24. The van der Waals surface area contributed by atoms with E-state index in [1.807, 2.05) is 13.8 Å². The quantitative estimate of drug-likeness (QED) is 0.392. The molecule has 0 radical (unpaired) electrons. The summed E-state index contributed by atoms with van der Waals surface area (Å²) in [5.41, 5.74) is -0.0489. The molecule has 0 aromatic heterocycles. The molecule has 0 aliphatic carbocycles. The van der Waals surface area contributed by atoms with Crippen LogP contribution in [0.2, 0.25) is 0 Å². The molecule has 0 aliphatic rings. The highest BCUT2D eigenvalue weighted by Crippen LogP contribution is 2.30. The Morgan fingerprint density at radius 2 is 2.15 bits per heavy atom. The molecular weight excluding hydrogens is 184 g/mol. The minimum atomic E-state index is -0.906. The van der Waals surface area contributed by atoms with Crippen molar-refractivity contribution in [2.75, 3.05) is 6.61 Å². The van der Waals surface area contributed by atoms with E-state index < -0.39 is 5.97 Å². The molecule has 0 rings (SSSR count). The molecule has 13 heavy (non-hydrogen) atoms. The van der Waals surface area contributed by atoms with Gasteiger partial charge >= 0.3 is 5.97 Å². The molecule has 0 fully saturated rings. The molecule has 0 heterocycles. The van der Waals surface area contributed by atoms with E-state index in [1.165, 1.54) is 0 Å². The summed E-state index contributed by atoms with van der Waals surface area (Å²) in [6.07, 6.45) is 1.70. The number of carbonyl (C=O) groups is 1. The predicted molar refractivity (Wildman–Crippen MR) is 55.7 cm³/mol. The van der Waals surface area contributed by atoms with Gasteiger partial charge in [0.15, 0.2) is 0 Å². The maximum absolute atomic E-state index is 10.7. The number of hydrogen-bond acceptors (Lipinski definition) is 2. The molecule has 0 aromatic carbocycles. The van der Waals surface area contributed by atoms with E-state index in [0.29, 0.717) is 0 Å². The van der Waals surface area contributed by atoms with Crippen LogP contribution in [0.5, 0.6) is 0 Å². The first-order valence-electron chi connectivity index (χ1n) is 4.33. The molecule has 4 heteroatoms. The van der Waals surface area contributed by atoms with Gasteiger partial charge in [0.25, 0.3) is 0 Å². The van der Waals surface area contributed by atoms with Gasteiger partial charge in [-0.1, -0.05) is 20.4 Å². The zero-order valence-corrected chi connectivity index (χ0v) is 10.6. The molecule has 0 bridgehead atoms. The maximum atomic E-state index is 10.7. The third-order valence-electron chi connectivity index (χ3n) is 2.23. The van der Waals surface area contributed by atoms with Crippen LogP contribution in [0.1, 0.15) is 26.7 Å². The molecule has 0 spiro atoms. The van der Waals surface area contributed by atoms with Crippen LogP contribution >= 0.6 is 0 Å². The van der Waals surface area contributed by atoms with Gasteiger partial charge in [0.05, 0.1) is 0 Å². The van der Waals surface area contributed by atoms with E-state index >= 15 is 0 Å². The molecule has 0 atom stereocenters. The molecule has 0 saturated heterocycles. The zero-order chi connectivity index (χ0) is 10.5. The molecule has 3 nitrogen and oxygen atoms in total. The SMILES string of the molecule is C=C(C(=O)O)C(C)(C)CCCO[SiH3]. The Morgan fingerprint density at radius 1 is 1.62 bits per heavy atom. The minimum Gasteiger partial charge on any atom is -0.478 e. The van der Waals surface area contributed by atoms with E-state index in [1.54, 1.807) is 0 Å². The van der Waals surface area contributed by atoms with Crippen LogP contribution < -0.4 is 0 Å². The Morgan fingerprint density at radius 3 is 2.54 bits per heavy atom. The van der Waals surface area contributed by atoms with Crippen LogP contribution in [0.25, 0.3) is 0 Å². The Bertz CT molecular complexity index is 199. The van der Waals surface area contributed by atoms with Crippen LogP contribution in [-0.2, 0) is 9.22 Å². The van der Waals surface area contributed by atoms with E-state index in [4.69, 9.17) is 9.53 Å². The summed E-state index contributed by atoms with van der Waals surface area (Å²) in [4.78, 5) is 10.7. The minimum absolute atomic E-state index is 0.279. The van der Waals surface area contributed by atoms with Crippen molar-refractivity contribution in [3.63, 3.8) is 0 Å². The number of rotatable bonds is 6. The van der Waals surface area contributed by atoms with Crippen molar-refractivity contribution in [3.8, 4) is 0 Å². The van der Waals surface area contributed by atoms with Gasteiger partial charge < -0.3 is 9.53 Å². The molecule has 76 valence electrons. The van der Waals surface area contributed by atoms with Crippen LogP contribution in [-0.4, -0.2) is 28.2 Å². The Balaban J connectivity index is 4.06. The van der Waals surface area contributed by atoms with Crippen LogP contribution in [0, 0.1) is 5.41 Å². The summed E-state index contributed by atoms with van der Waals surface area (Å²) in [6.45, 7) is 8.10. The summed E-state index contributed by atoms with van der Waals surface area (Å²) >= 11 is 0. The summed E-state index contributed by atoms with van der Waals surface area (Å²) in [7, 11) is 0.744. The lowest BCUT2D eigenvalue weighted by Crippen LogP contribution is -2.20. The first-order chi connectivity index (χ1) is 5.91. The van der Waals surface area contributed by atoms with Gasteiger partial charge in [-0.15, -0.1) is 0 Å². The summed E-state index contributed by atoms with van der Waals surface area (Å²) in [6, 6.07) is 0. The summed E-state index contributed by atoms with van der Waals surface area (Å²) < 4.78 is 5.04. The fourth-order valence-electron chi connectivity index (χ4n) is 1.10. The molecule has 0 aliphatic heterocycles. The van der Waals surface area contributed by atoms with Crippen molar-refractivity contribution in [2.24, 2.45) is 5.41 Å². The lowest BCUT2D eigenvalue weighted by atomic mass is 9.81. The lowest BCUT2D eigenvalue weighted by molar-refractivity contribution is -0.133. The molecule has 0 amide bonds. The highest BCUT2D eigenvalue weighted by molar-refractivity contribution is 5.97. The zero-order valence-electron chi connectivity index (χ0n) is 8.59. The fourth-order valence-corrected chi connectivity index (χ4v) is 1.39. The second kappa shape index (κ2) is 5.19. The van der Waals surface area contributed by atoms with Crippen molar-refractivity contribution in [2.45, 2.75) is 26.7 Å². The van der Waals surface area contributed by atoms with Gasteiger partial charge in [-0.3, -0.25) is 0 Å². The highest BCUT2D eigenvalue weighted by atomic mass is 28.2. The fraction of sp³-hybridized carbons (Fsp3) is 0.667. The van der Waals surface area contributed by atoms with E-state index in [9.17, 15) is 4.79 Å². The Kier molecular flexibility index (Phi) is 4.94. The summed E-state index contributed by atoms with van der Waals surface area (Å²) in [5.74, 6) is -0.906. The van der Waals surface area contributed by atoms with E-state index in [0.717, 1.165) is 29.9 Å². The van der Waals surface area contributed by atoms with Crippen LogP contribution in [0.3, 0.4) is 0 Å². The first-order valence-corrected chi connectivity index (χ1v) is 5.15. The van der Waals surface area contributed by atoms with Crippen molar-refractivity contribution in [3.05, 3.63) is 12.2 Å². The van der Waals surface area contributed by atoms with Gasteiger partial charge in [-0.25, -0.2) is 4.79 Å². The maximum Gasteiger partial charge on any atom is 0.331 e. The largest absolute Gasteiger partial charge is 0.478 e. The second-order valence-corrected chi connectivity index (χ2v) is 4.34. The van der Waals surface area contributed by atoms with Gasteiger partial charge in [-0.2, -0.15) is 0 Å². The topological polar surface area (TPSA) is 46.5 Å². The Labute approximate surface area is 82.3 Å². The highest BCUT2D eigenvalue weighted by Gasteiger charge is 2.25. The van der Waals surface area contributed by atoms with Crippen LogP contribution in [0.4, 0.5) is 0 Å². The van der Waals surface area contributed by atoms with Crippen molar-refractivity contribution in [1.29, 1.82) is 0 Å². The Hall–Kier alpha value is -0.613. The number of hydrogen-bond donors (Lipinski definition) is 1. The van der Waals surface area contributed by atoms with Gasteiger partial charge in [-0.05, 0) is 18.3 Å². The first kappa shape index (κ1) is 12.4. The van der Waals surface area contributed by atoms with Gasteiger partial charge in [0.1, 0.15) is 10.5 Å². The average Bonchev–Trinajstić information content (AvgIpc) is 2.03. The van der Waals surface area contributed by atoms with E-state index in [2.05, 4.69) is 6.58 Å². The van der Waals surface area contributed by atoms with Gasteiger partial charge in [0.2, 0.25) is 0 Å². The third-order valence-corrected chi connectivity index (χ3v) is 2.63. The third kappa shape index (κ3) is 4.24. The average molecular weight is 202 g/mol. The second-order valence-electron chi connectivity index (χ2n) is 3.76. The van der Waals surface area contributed by atoms with E-state index in [-0.39, 0.29) is 11.0 Å². The molecule has 0 unspecified atom stereocenters. The normalized spacial score (nSPS) is 11.5. The number of aliphatic carboxylic acids is 1. The predicted octanol–water partition coefficient (Wildman–Crippen LogP) is 0.731. The molecular formula is C9H18O3Si. The van der Waals surface area contributed by atoms with Gasteiger partial charge in [0, 0.05) is 12.2 Å². The molecule has 1 N–H and O–H groups in total. The number of carboxylic acids is 1. The van der Waals surface area contributed by atoms with Crippen molar-refractivity contribution >= 4 is 16.5 Å².